The van der Waals surface area contributed by atoms with E-state index in [2.05, 4.69) is 31.9 Å². The highest BCUT2D eigenvalue weighted by Crippen LogP contribution is 2.18. The summed E-state index contributed by atoms with van der Waals surface area (Å²) in [5.41, 5.74) is 8.19. The second-order valence-electron chi connectivity index (χ2n) is 4.16. The number of rotatable bonds is 4. The van der Waals surface area contributed by atoms with Gasteiger partial charge in [-0.1, -0.05) is 20.8 Å². The minimum atomic E-state index is 0.0709. The molecule has 0 unspecified atom stereocenters. The first kappa shape index (κ1) is 11.2. The quantitative estimate of drug-likeness (QED) is 0.802. The molecule has 0 aromatic carbocycles. The van der Waals surface area contributed by atoms with Crippen molar-refractivity contribution >= 4 is 0 Å². The smallest absolute Gasteiger partial charge is 0.0653 e. The van der Waals surface area contributed by atoms with Crippen LogP contribution in [-0.4, -0.2) is 9.78 Å². The minimum Gasteiger partial charge on any atom is -0.323 e. The second kappa shape index (κ2) is 4.60. The lowest BCUT2D eigenvalue weighted by Gasteiger charge is -2.08. The van der Waals surface area contributed by atoms with E-state index < -0.39 is 0 Å². The third-order valence-corrected chi connectivity index (χ3v) is 2.32. The average Bonchev–Trinajstić information content (AvgIpc) is 2.49. The first-order valence-electron chi connectivity index (χ1n) is 5.39. The van der Waals surface area contributed by atoms with Crippen molar-refractivity contribution in [1.29, 1.82) is 0 Å². The van der Waals surface area contributed by atoms with Crippen molar-refractivity contribution in [3.8, 4) is 0 Å². The van der Waals surface area contributed by atoms with Crippen LogP contribution in [0.1, 0.15) is 57.5 Å². The fourth-order valence-electron chi connectivity index (χ4n) is 1.49. The largest absolute Gasteiger partial charge is 0.323 e. The fourth-order valence-corrected chi connectivity index (χ4v) is 1.49. The van der Waals surface area contributed by atoms with Crippen LogP contribution in [0.5, 0.6) is 0 Å². The Hall–Kier alpha value is -0.830. The van der Waals surface area contributed by atoms with Gasteiger partial charge in [0.25, 0.3) is 0 Å². The standard InChI is InChI=1S/C11H21N3/c1-5-6-14-11(9(4)12)7-10(13-14)8(2)3/h7-9H,5-6,12H2,1-4H3/t9-/m0/s1. The predicted octanol–water partition coefficient (Wildman–Crippen LogP) is 2.44. The highest BCUT2D eigenvalue weighted by atomic mass is 15.3. The lowest BCUT2D eigenvalue weighted by atomic mass is 10.1. The van der Waals surface area contributed by atoms with Gasteiger partial charge in [0, 0.05) is 12.6 Å². The summed E-state index contributed by atoms with van der Waals surface area (Å²) in [7, 11) is 0. The first-order valence-corrected chi connectivity index (χ1v) is 5.39. The molecule has 1 atom stereocenters. The van der Waals surface area contributed by atoms with E-state index in [0.29, 0.717) is 5.92 Å². The molecular weight excluding hydrogens is 174 g/mol. The van der Waals surface area contributed by atoms with Crippen LogP contribution in [0, 0.1) is 0 Å². The van der Waals surface area contributed by atoms with E-state index in [0.717, 1.165) is 24.4 Å². The molecule has 1 aromatic rings. The molecule has 0 aliphatic rings. The molecule has 0 aliphatic carbocycles. The van der Waals surface area contributed by atoms with Gasteiger partial charge in [0.2, 0.25) is 0 Å². The molecule has 0 spiro atoms. The first-order chi connectivity index (χ1) is 6.56. The molecular formula is C11H21N3. The molecule has 0 saturated carbocycles. The maximum Gasteiger partial charge on any atom is 0.0653 e. The maximum atomic E-state index is 5.90. The summed E-state index contributed by atoms with van der Waals surface area (Å²) >= 11 is 0. The zero-order chi connectivity index (χ0) is 10.7. The summed E-state index contributed by atoms with van der Waals surface area (Å²) in [6, 6.07) is 2.20. The number of hydrogen-bond acceptors (Lipinski definition) is 2. The highest BCUT2D eigenvalue weighted by molar-refractivity contribution is 5.16. The van der Waals surface area contributed by atoms with E-state index in [1.807, 2.05) is 11.6 Å². The van der Waals surface area contributed by atoms with Crippen LogP contribution in [-0.2, 0) is 6.54 Å². The van der Waals surface area contributed by atoms with Crippen LogP contribution >= 0.6 is 0 Å². The van der Waals surface area contributed by atoms with Gasteiger partial charge in [-0.15, -0.1) is 0 Å². The molecule has 80 valence electrons. The van der Waals surface area contributed by atoms with E-state index >= 15 is 0 Å². The van der Waals surface area contributed by atoms with Crippen molar-refractivity contribution in [2.75, 3.05) is 0 Å². The lowest BCUT2D eigenvalue weighted by Crippen LogP contribution is -2.13. The zero-order valence-corrected chi connectivity index (χ0v) is 9.62. The molecule has 1 heterocycles. The summed E-state index contributed by atoms with van der Waals surface area (Å²) < 4.78 is 2.04. The van der Waals surface area contributed by atoms with Gasteiger partial charge in [-0.3, -0.25) is 4.68 Å². The molecule has 3 nitrogen and oxygen atoms in total. The van der Waals surface area contributed by atoms with Crippen LogP contribution in [0.2, 0.25) is 0 Å². The minimum absolute atomic E-state index is 0.0709. The Kier molecular flexibility index (Phi) is 3.69. The van der Waals surface area contributed by atoms with Gasteiger partial charge in [0.1, 0.15) is 0 Å². The summed E-state index contributed by atoms with van der Waals surface area (Å²) in [6.07, 6.45) is 1.10. The Morgan fingerprint density at radius 1 is 1.43 bits per heavy atom. The highest BCUT2D eigenvalue weighted by Gasteiger charge is 2.12. The van der Waals surface area contributed by atoms with Crippen molar-refractivity contribution in [2.45, 2.75) is 52.6 Å². The lowest BCUT2D eigenvalue weighted by molar-refractivity contribution is 0.544. The second-order valence-corrected chi connectivity index (χ2v) is 4.16. The van der Waals surface area contributed by atoms with E-state index in [1.165, 1.54) is 0 Å². The summed E-state index contributed by atoms with van der Waals surface area (Å²) in [5.74, 6) is 0.477. The van der Waals surface area contributed by atoms with Gasteiger partial charge in [-0.2, -0.15) is 5.10 Å². The molecule has 1 rings (SSSR count). The van der Waals surface area contributed by atoms with E-state index in [-0.39, 0.29) is 6.04 Å². The van der Waals surface area contributed by atoms with Gasteiger partial charge in [0.05, 0.1) is 11.4 Å². The Morgan fingerprint density at radius 3 is 2.50 bits per heavy atom. The SMILES string of the molecule is CCCn1nc(C(C)C)cc1[C@H](C)N. The summed E-state index contributed by atoms with van der Waals surface area (Å²) in [6.45, 7) is 9.44. The summed E-state index contributed by atoms with van der Waals surface area (Å²) in [4.78, 5) is 0. The molecule has 0 fully saturated rings. The molecule has 0 bridgehead atoms. The Labute approximate surface area is 86.3 Å². The van der Waals surface area contributed by atoms with Gasteiger partial charge >= 0.3 is 0 Å². The topological polar surface area (TPSA) is 43.8 Å². The van der Waals surface area contributed by atoms with Crippen LogP contribution in [0.25, 0.3) is 0 Å². The molecule has 0 aliphatic heterocycles. The van der Waals surface area contributed by atoms with E-state index in [4.69, 9.17) is 5.73 Å². The van der Waals surface area contributed by atoms with Gasteiger partial charge in [-0.05, 0) is 25.3 Å². The number of aromatic nitrogens is 2. The average molecular weight is 195 g/mol. The Balaban J connectivity index is 2.99. The molecule has 0 radical (unpaired) electrons. The van der Waals surface area contributed by atoms with Gasteiger partial charge in [-0.25, -0.2) is 0 Å². The normalized spacial score (nSPS) is 13.6. The summed E-state index contributed by atoms with van der Waals surface area (Å²) in [5, 5.41) is 4.56. The monoisotopic (exact) mass is 195 g/mol. The molecule has 1 aromatic heterocycles. The van der Waals surface area contributed by atoms with Crippen LogP contribution in [0.3, 0.4) is 0 Å². The number of aryl methyl sites for hydroxylation is 1. The molecule has 0 amide bonds. The zero-order valence-electron chi connectivity index (χ0n) is 9.62. The number of nitrogens with two attached hydrogens (primary N) is 1. The van der Waals surface area contributed by atoms with Crippen molar-refractivity contribution in [3.05, 3.63) is 17.5 Å². The molecule has 2 N–H and O–H groups in total. The molecule has 3 heteroatoms. The Bertz CT molecular complexity index is 287. The third kappa shape index (κ3) is 2.35. The van der Waals surface area contributed by atoms with Crippen LogP contribution in [0.15, 0.2) is 6.07 Å². The predicted molar refractivity (Wildman–Crippen MR) is 59.2 cm³/mol. The molecule has 14 heavy (non-hydrogen) atoms. The van der Waals surface area contributed by atoms with Crippen LogP contribution in [0.4, 0.5) is 0 Å². The fraction of sp³-hybridized carbons (Fsp3) is 0.727. The number of hydrogen-bond donors (Lipinski definition) is 1. The van der Waals surface area contributed by atoms with Crippen molar-refractivity contribution < 1.29 is 0 Å². The van der Waals surface area contributed by atoms with Gasteiger partial charge in [0.15, 0.2) is 0 Å². The van der Waals surface area contributed by atoms with Gasteiger partial charge < -0.3 is 5.73 Å². The van der Waals surface area contributed by atoms with Crippen molar-refractivity contribution in [2.24, 2.45) is 5.73 Å². The Morgan fingerprint density at radius 2 is 2.07 bits per heavy atom. The van der Waals surface area contributed by atoms with E-state index in [9.17, 15) is 0 Å². The molecule has 0 saturated heterocycles. The van der Waals surface area contributed by atoms with E-state index in [1.54, 1.807) is 0 Å². The third-order valence-electron chi connectivity index (χ3n) is 2.32. The van der Waals surface area contributed by atoms with Crippen molar-refractivity contribution in [1.82, 2.24) is 9.78 Å². The maximum absolute atomic E-state index is 5.90. The van der Waals surface area contributed by atoms with Crippen molar-refractivity contribution in [3.63, 3.8) is 0 Å². The van der Waals surface area contributed by atoms with Crippen LogP contribution < -0.4 is 5.73 Å². The number of nitrogens with zero attached hydrogens (tertiary/aromatic N) is 2.